The fourth-order valence-corrected chi connectivity index (χ4v) is 1.65. The van der Waals surface area contributed by atoms with Crippen molar-refractivity contribution in [3.8, 4) is 0 Å². The first-order chi connectivity index (χ1) is 4.59. The maximum atomic E-state index is 10.5. The van der Waals surface area contributed by atoms with Gasteiger partial charge in [-0.3, -0.25) is 4.79 Å². The Labute approximate surface area is 77.3 Å². The van der Waals surface area contributed by atoms with Gasteiger partial charge in [0.05, 0.1) is 5.92 Å². The van der Waals surface area contributed by atoms with E-state index in [9.17, 15) is 4.79 Å². The van der Waals surface area contributed by atoms with Gasteiger partial charge in [-0.15, -0.1) is 0 Å². The van der Waals surface area contributed by atoms with Crippen LogP contribution >= 0.6 is 31.9 Å². The van der Waals surface area contributed by atoms with E-state index in [1.54, 1.807) is 0 Å². The SMILES string of the molecule is CC(Br)C(CCBr)C(=O)O. The van der Waals surface area contributed by atoms with Gasteiger partial charge < -0.3 is 5.11 Å². The molecule has 1 N–H and O–H groups in total. The van der Waals surface area contributed by atoms with E-state index in [2.05, 4.69) is 31.9 Å². The number of alkyl halides is 2. The van der Waals surface area contributed by atoms with Crippen LogP contribution in [0.2, 0.25) is 0 Å². The molecule has 0 aromatic carbocycles. The molecule has 0 radical (unpaired) electrons. The van der Waals surface area contributed by atoms with E-state index >= 15 is 0 Å². The standard InChI is InChI=1S/C6H10Br2O2/c1-4(8)5(2-3-7)6(9)10/h4-5H,2-3H2,1H3,(H,9,10). The van der Waals surface area contributed by atoms with Crippen LogP contribution in [-0.4, -0.2) is 21.2 Å². The van der Waals surface area contributed by atoms with Crippen molar-refractivity contribution >= 4 is 37.8 Å². The highest BCUT2D eigenvalue weighted by Crippen LogP contribution is 2.17. The van der Waals surface area contributed by atoms with E-state index in [-0.39, 0.29) is 10.7 Å². The zero-order valence-corrected chi connectivity index (χ0v) is 8.85. The molecule has 10 heavy (non-hydrogen) atoms. The monoisotopic (exact) mass is 272 g/mol. The van der Waals surface area contributed by atoms with Gasteiger partial charge in [0.25, 0.3) is 0 Å². The molecule has 0 fully saturated rings. The van der Waals surface area contributed by atoms with Gasteiger partial charge >= 0.3 is 5.97 Å². The van der Waals surface area contributed by atoms with Crippen LogP contribution in [0.25, 0.3) is 0 Å². The summed E-state index contributed by atoms with van der Waals surface area (Å²) >= 11 is 6.44. The molecular weight excluding hydrogens is 264 g/mol. The quantitative estimate of drug-likeness (QED) is 0.798. The van der Waals surface area contributed by atoms with Crippen molar-refractivity contribution in [2.45, 2.75) is 18.2 Å². The van der Waals surface area contributed by atoms with Crippen LogP contribution in [0.3, 0.4) is 0 Å². The van der Waals surface area contributed by atoms with E-state index in [1.807, 2.05) is 6.92 Å². The van der Waals surface area contributed by atoms with E-state index in [0.29, 0.717) is 6.42 Å². The Bertz CT molecular complexity index is 114. The predicted molar refractivity (Wildman–Crippen MR) is 47.9 cm³/mol. The van der Waals surface area contributed by atoms with Crippen molar-refractivity contribution in [3.05, 3.63) is 0 Å². The summed E-state index contributed by atoms with van der Waals surface area (Å²) in [6.07, 6.45) is 0.668. The molecule has 2 atom stereocenters. The van der Waals surface area contributed by atoms with E-state index in [1.165, 1.54) is 0 Å². The molecule has 0 saturated heterocycles. The average molecular weight is 274 g/mol. The highest BCUT2D eigenvalue weighted by molar-refractivity contribution is 9.09. The summed E-state index contributed by atoms with van der Waals surface area (Å²) < 4.78 is 0. The fourth-order valence-electron chi connectivity index (χ4n) is 0.667. The Morgan fingerprint density at radius 3 is 2.30 bits per heavy atom. The van der Waals surface area contributed by atoms with Crippen LogP contribution in [0.1, 0.15) is 13.3 Å². The van der Waals surface area contributed by atoms with Crippen LogP contribution in [0.4, 0.5) is 0 Å². The minimum atomic E-state index is -0.733. The van der Waals surface area contributed by atoms with Crippen molar-refractivity contribution < 1.29 is 9.90 Å². The molecule has 2 unspecified atom stereocenters. The second-order valence-corrected chi connectivity index (χ2v) is 4.34. The van der Waals surface area contributed by atoms with Crippen LogP contribution in [0.15, 0.2) is 0 Å². The molecular formula is C6H10Br2O2. The molecule has 0 aliphatic rings. The summed E-state index contributed by atoms with van der Waals surface area (Å²) in [5, 5.41) is 9.36. The number of carbonyl (C=O) groups is 1. The van der Waals surface area contributed by atoms with Gasteiger partial charge in [-0.2, -0.15) is 0 Å². The Kier molecular flexibility index (Phi) is 5.35. The minimum Gasteiger partial charge on any atom is -0.481 e. The van der Waals surface area contributed by atoms with Crippen LogP contribution in [-0.2, 0) is 4.79 Å². The second-order valence-electron chi connectivity index (χ2n) is 2.10. The first-order valence-electron chi connectivity index (χ1n) is 3.02. The molecule has 0 aliphatic heterocycles. The maximum Gasteiger partial charge on any atom is 0.307 e. The highest BCUT2D eigenvalue weighted by Gasteiger charge is 2.21. The molecule has 0 aromatic rings. The van der Waals surface area contributed by atoms with Crippen molar-refractivity contribution in [2.75, 3.05) is 5.33 Å². The average Bonchev–Trinajstić information content (AvgIpc) is 1.81. The Morgan fingerprint density at radius 2 is 2.20 bits per heavy atom. The summed E-state index contributed by atoms with van der Waals surface area (Å²) in [7, 11) is 0. The molecule has 0 spiro atoms. The van der Waals surface area contributed by atoms with Crippen molar-refractivity contribution in [1.82, 2.24) is 0 Å². The molecule has 4 heteroatoms. The highest BCUT2D eigenvalue weighted by atomic mass is 79.9. The van der Waals surface area contributed by atoms with Gasteiger partial charge in [0.1, 0.15) is 0 Å². The van der Waals surface area contributed by atoms with E-state index < -0.39 is 5.97 Å². The minimum absolute atomic E-state index is 0.0440. The molecule has 0 aliphatic carbocycles. The normalized spacial score (nSPS) is 16.3. The molecule has 0 amide bonds. The zero-order valence-electron chi connectivity index (χ0n) is 5.68. The van der Waals surface area contributed by atoms with Gasteiger partial charge in [-0.05, 0) is 6.42 Å². The van der Waals surface area contributed by atoms with Gasteiger partial charge in [-0.25, -0.2) is 0 Å². The van der Waals surface area contributed by atoms with Gasteiger partial charge in [0.2, 0.25) is 0 Å². The molecule has 0 heterocycles. The van der Waals surface area contributed by atoms with Gasteiger partial charge in [0, 0.05) is 10.2 Å². The summed E-state index contributed by atoms with van der Waals surface area (Å²) in [6, 6.07) is 0. The number of aliphatic carboxylic acids is 1. The van der Waals surface area contributed by atoms with Crippen molar-refractivity contribution in [3.63, 3.8) is 0 Å². The summed E-state index contributed by atoms with van der Waals surface area (Å²) in [6.45, 7) is 1.85. The van der Waals surface area contributed by atoms with Gasteiger partial charge in [0.15, 0.2) is 0 Å². The molecule has 60 valence electrons. The molecule has 0 saturated carbocycles. The molecule has 2 nitrogen and oxygen atoms in total. The first kappa shape index (κ1) is 10.4. The van der Waals surface area contributed by atoms with Crippen LogP contribution in [0.5, 0.6) is 0 Å². The fraction of sp³-hybridized carbons (Fsp3) is 0.833. The first-order valence-corrected chi connectivity index (χ1v) is 5.06. The lowest BCUT2D eigenvalue weighted by atomic mass is 10.0. The number of hydrogen-bond donors (Lipinski definition) is 1. The number of halogens is 2. The third kappa shape index (κ3) is 3.56. The summed E-state index contributed by atoms with van der Waals surface area (Å²) in [4.78, 5) is 10.5. The van der Waals surface area contributed by atoms with E-state index in [4.69, 9.17) is 5.11 Å². The number of rotatable bonds is 4. The zero-order chi connectivity index (χ0) is 8.15. The largest absolute Gasteiger partial charge is 0.481 e. The van der Waals surface area contributed by atoms with Crippen LogP contribution in [0, 0.1) is 5.92 Å². The number of hydrogen-bond acceptors (Lipinski definition) is 1. The lowest BCUT2D eigenvalue weighted by molar-refractivity contribution is -0.141. The molecule has 0 aromatic heterocycles. The van der Waals surface area contributed by atoms with Crippen molar-refractivity contribution in [2.24, 2.45) is 5.92 Å². The topological polar surface area (TPSA) is 37.3 Å². The lowest BCUT2D eigenvalue weighted by Crippen LogP contribution is -2.21. The summed E-state index contributed by atoms with van der Waals surface area (Å²) in [5.74, 6) is -1.01. The Morgan fingerprint density at radius 1 is 1.70 bits per heavy atom. The third-order valence-electron chi connectivity index (χ3n) is 1.29. The number of carboxylic acids is 1. The lowest BCUT2D eigenvalue weighted by Gasteiger charge is -2.12. The molecule has 0 bridgehead atoms. The smallest absolute Gasteiger partial charge is 0.307 e. The number of carboxylic acid groups (broad SMARTS) is 1. The second kappa shape index (κ2) is 5.13. The third-order valence-corrected chi connectivity index (χ3v) is 2.39. The molecule has 0 rings (SSSR count). The Balaban J connectivity index is 3.85. The summed E-state index contributed by atoms with van der Waals surface area (Å²) in [5.41, 5.74) is 0. The van der Waals surface area contributed by atoms with Crippen LogP contribution < -0.4 is 0 Å². The van der Waals surface area contributed by atoms with Crippen molar-refractivity contribution in [1.29, 1.82) is 0 Å². The van der Waals surface area contributed by atoms with E-state index in [0.717, 1.165) is 5.33 Å². The Hall–Kier alpha value is 0.430. The predicted octanol–water partition coefficient (Wildman–Crippen LogP) is 2.26. The van der Waals surface area contributed by atoms with Gasteiger partial charge in [-0.1, -0.05) is 38.8 Å². The maximum absolute atomic E-state index is 10.5.